The van der Waals surface area contributed by atoms with Gasteiger partial charge < -0.3 is 9.47 Å². The minimum Gasteiger partial charge on any atom is -0.486 e. The molecule has 0 saturated heterocycles. The van der Waals surface area contributed by atoms with Gasteiger partial charge in [0.25, 0.3) is 15.9 Å². The first-order chi connectivity index (χ1) is 11.0. The largest absolute Gasteiger partial charge is 0.486 e. The van der Waals surface area contributed by atoms with E-state index < -0.39 is 15.9 Å². The van der Waals surface area contributed by atoms with E-state index in [2.05, 4.69) is 10.3 Å². The molecule has 2 aromatic rings. The lowest BCUT2D eigenvalue weighted by molar-refractivity contribution is 0.0944. The van der Waals surface area contributed by atoms with Crippen molar-refractivity contribution >= 4 is 27.3 Å². The lowest BCUT2D eigenvalue weighted by Crippen LogP contribution is -2.41. The monoisotopic (exact) mass is 354 g/mol. The van der Waals surface area contributed by atoms with Gasteiger partial charge in [0.1, 0.15) is 17.4 Å². The molecule has 1 aromatic carbocycles. The van der Waals surface area contributed by atoms with E-state index in [0.29, 0.717) is 24.7 Å². The van der Waals surface area contributed by atoms with E-state index in [-0.39, 0.29) is 9.77 Å². The number of hydrogen-bond acceptors (Lipinski definition) is 6. The van der Waals surface area contributed by atoms with Crippen LogP contribution in [0.25, 0.3) is 0 Å². The summed E-state index contributed by atoms with van der Waals surface area (Å²) < 4.78 is 35.0. The van der Waals surface area contributed by atoms with Crippen molar-refractivity contribution in [3.8, 4) is 11.5 Å². The van der Waals surface area contributed by atoms with Crippen LogP contribution in [-0.4, -0.2) is 27.5 Å². The first-order valence-corrected chi connectivity index (χ1v) is 9.04. The van der Waals surface area contributed by atoms with E-state index in [1.807, 2.05) is 0 Å². The Morgan fingerprint density at radius 2 is 1.87 bits per heavy atom. The van der Waals surface area contributed by atoms with Gasteiger partial charge in [-0.2, -0.15) is 0 Å². The Balaban J connectivity index is 1.70. The van der Waals surface area contributed by atoms with Gasteiger partial charge in [-0.15, -0.1) is 16.2 Å². The zero-order valence-electron chi connectivity index (χ0n) is 12.2. The second-order valence-electron chi connectivity index (χ2n) is 4.78. The van der Waals surface area contributed by atoms with Crippen LogP contribution in [0.2, 0.25) is 0 Å². The molecule has 3 rings (SSSR count). The van der Waals surface area contributed by atoms with E-state index in [0.717, 1.165) is 16.2 Å². The van der Waals surface area contributed by atoms with Crippen molar-refractivity contribution in [3.05, 3.63) is 40.8 Å². The van der Waals surface area contributed by atoms with Gasteiger partial charge in [-0.1, -0.05) is 0 Å². The summed E-state index contributed by atoms with van der Waals surface area (Å²) in [5.41, 5.74) is 2.45. The second kappa shape index (κ2) is 6.19. The lowest BCUT2D eigenvalue weighted by atomic mass is 10.2. The van der Waals surface area contributed by atoms with E-state index in [9.17, 15) is 13.2 Å². The SMILES string of the molecule is Cc1ccc(S(=O)(=O)NNC(=O)c2ccc3c(c2)OCCO3)s1. The van der Waals surface area contributed by atoms with Crippen LogP contribution in [0.1, 0.15) is 15.2 Å². The number of carbonyl (C=O) groups excluding carboxylic acids is 1. The molecule has 0 radical (unpaired) electrons. The summed E-state index contributed by atoms with van der Waals surface area (Å²) in [4.78, 5) is 15.0. The first kappa shape index (κ1) is 15.8. The summed E-state index contributed by atoms with van der Waals surface area (Å²) in [5, 5.41) is 0. The molecule has 0 fully saturated rings. The fraction of sp³-hybridized carbons (Fsp3) is 0.214. The fourth-order valence-electron chi connectivity index (χ4n) is 1.98. The molecule has 1 aliphatic rings. The van der Waals surface area contributed by atoms with Crippen LogP contribution < -0.4 is 19.7 Å². The average molecular weight is 354 g/mol. The molecule has 122 valence electrons. The first-order valence-electron chi connectivity index (χ1n) is 6.74. The van der Waals surface area contributed by atoms with Crippen LogP contribution in [0.4, 0.5) is 0 Å². The summed E-state index contributed by atoms with van der Waals surface area (Å²) in [6.07, 6.45) is 0. The van der Waals surface area contributed by atoms with Crippen LogP contribution in [0, 0.1) is 6.92 Å². The van der Waals surface area contributed by atoms with Crippen molar-refractivity contribution < 1.29 is 22.7 Å². The highest BCUT2D eigenvalue weighted by atomic mass is 32.2. The number of aryl methyl sites for hydroxylation is 1. The van der Waals surface area contributed by atoms with Gasteiger partial charge in [0, 0.05) is 10.4 Å². The average Bonchev–Trinajstić information content (AvgIpc) is 2.99. The zero-order chi connectivity index (χ0) is 16.4. The molecule has 0 aliphatic carbocycles. The number of rotatable bonds is 4. The summed E-state index contributed by atoms with van der Waals surface area (Å²) in [5.74, 6) is 0.432. The quantitative estimate of drug-likeness (QED) is 0.811. The van der Waals surface area contributed by atoms with Crippen molar-refractivity contribution in [1.82, 2.24) is 10.3 Å². The molecule has 2 heterocycles. The van der Waals surface area contributed by atoms with Gasteiger partial charge in [0.05, 0.1) is 0 Å². The van der Waals surface area contributed by atoms with Gasteiger partial charge in [-0.25, -0.2) is 8.42 Å². The number of amides is 1. The maximum absolute atomic E-state index is 12.1. The molecule has 0 atom stereocenters. The summed E-state index contributed by atoms with van der Waals surface area (Å²) in [7, 11) is -3.78. The predicted molar refractivity (Wildman–Crippen MR) is 84.3 cm³/mol. The molecule has 0 unspecified atom stereocenters. The van der Waals surface area contributed by atoms with E-state index >= 15 is 0 Å². The topological polar surface area (TPSA) is 93.7 Å². The molecule has 0 spiro atoms. The molecule has 1 aromatic heterocycles. The number of sulfonamides is 1. The Bertz CT molecular complexity index is 845. The second-order valence-corrected chi connectivity index (χ2v) is 7.98. The molecule has 23 heavy (non-hydrogen) atoms. The Morgan fingerprint density at radius 1 is 1.13 bits per heavy atom. The summed E-state index contributed by atoms with van der Waals surface area (Å²) >= 11 is 1.12. The molecule has 2 N–H and O–H groups in total. The number of thiophene rings is 1. The van der Waals surface area contributed by atoms with Crippen molar-refractivity contribution in [3.63, 3.8) is 0 Å². The number of ether oxygens (including phenoxy) is 2. The minimum absolute atomic E-state index is 0.137. The third-order valence-corrected chi connectivity index (χ3v) is 5.82. The predicted octanol–water partition coefficient (Wildman–Crippen LogP) is 1.45. The fourth-order valence-corrected chi connectivity index (χ4v) is 4.10. The highest BCUT2D eigenvalue weighted by molar-refractivity contribution is 7.91. The molecule has 7 nitrogen and oxygen atoms in total. The molecule has 0 bridgehead atoms. The van der Waals surface area contributed by atoms with Gasteiger partial charge in [0.2, 0.25) is 0 Å². The Morgan fingerprint density at radius 3 is 2.57 bits per heavy atom. The van der Waals surface area contributed by atoms with Crippen molar-refractivity contribution in [2.75, 3.05) is 13.2 Å². The van der Waals surface area contributed by atoms with Crippen LogP contribution in [0.3, 0.4) is 0 Å². The van der Waals surface area contributed by atoms with Crippen molar-refractivity contribution in [2.24, 2.45) is 0 Å². The Labute approximate surface area is 137 Å². The van der Waals surface area contributed by atoms with Crippen molar-refractivity contribution in [1.29, 1.82) is 0 Å². The number of carbonyl (C=O) groups is 1. The van der Waals surface area contributed by atoms with Gasteiger partial charge in [0.15, 0.2) is 11.5 Å². The lowest BCUT2D eigenvalue weighted by Gasteiger charge is -2.18. The molecule has 0 saturated carbocycles. The van der Waals surface area contributed by atoms with Gasteiger partial charge in [-0.3, -0.25) is 10.2 Å². The van der Waals surface area contributed by atoms with E-state index in [4.69, 9.17) is 9.47 Å². The van der Waals surface area contributed by atoms with Gasteiger partial charge >= 0.3 is 0 Å². The van der Waals surface area contributed by atoms with Crippen LogP contribution in [0.5, 0.6) is 11.5 Å². The molecule has 9 heteroatoms. The number of hydrogen-bond donors (Lipinski definition) is 2. The molecule has 1 aliphatic heterocycles. The standard InChI is InChI=1S/C14H14N2O5S2/c1-9-2-5-13(22-9)23(18,19)16-15-14(17)10-3-4-11-12(8-10)21-7-6-20-11/h2-5,8,16H,6-7H2,1H3,(H,15,17). The molecular formula is C14H14N2O5S2. The van der Waals surface area contributed by atoms with E-state index in [1.54, 1.807) is 19.1 Å². The number of fused-ring (bicyclic) bond motifs is 1. The zero-order valence-corrected chi connectivity index (χ0v) is 13.8. The van der Waals surface area contributed by atoms with Crippen LogP contribution in [-0.2, 0) is 10.0 Å². The van der Waals surface area contributed by atoms with E-state index in [1.165, 1.54) is 18.2 Å². The third kappa shape index (κ3) is 3.46. The van der Waals surface area contributed by atoms with Crippen LogP contribution in [0.15, 0.2) is 34.5 Å². The van der Waals surface area contributed by atoms with Crippen molar-refractivity contribution in [2.45, 2.75) is 11.1 Å². The maximum atomic E-state index is 12.1. The number of hydrazine groups is 1. The number of benzene rings is 1. The highest BCUT2D eigenvalue weighted by Gasteiger charge is 2.19. The Hall–Kier alpha value is -2.10. The van der Waals surface area contributed by atoms with Crippen LogP contribution >= 0.6 is 11.3 Å². The maximum Gasteiger partial charge on any atom is 0.266 e. The molecular weight excluding hydrogens is 340 g/mol. The van der Waals surface area contributed by atoms with Gasteiger partial charge in [-0.05, 0) is 37.3 Å². The Kier molecular flexibility index (Phi) is 4.24. The summed E-state index contributed by atoms with van der Waals surface area (Å²) in [6.45, 7) is 2.67. The third-order valence-electron chi connectivity index (χ3n) is 3.08. The molecule has 1 amide bonds. The highest BCUT2D eigenvalue weighted by Crippen LogP contribution is 2.30. The number of nitrogens with one attached hydrogen (secondary N) is 2. The normalized spacial score (nSPS) is 13.6. The summed E-state index contributed by atoms with van der Waals surface area (Å²) in [6, 6.07) is 7.83. The smallest absolute Gasteiger partial charge is 0.266 e. The minimum atomic E-state index is -3.78.